The number of alkyl halides is 3. The minimum absolute atomic E-state index is 0.144. The molecule has 0 saturated carbocycles. The smallest absolute Gasteiger partial charge is 0.326 e. The Morgan fingerprint density at radius 2 is 1.70 bits per heavy atom. The fraction of sp³-hybridized carbons (Fsp3) is 0.350. The van der Waals surface area contributed by atoms with Crippen LogP contribution in [0.2, 0.25) is 5.02 Å². The molecule has 1 aliphatic rings. The van der Waals surface area contributed by atoms with Gasteiger partial charge in [-0.1, -0.05) is 29.8 Å². The van der Waals surface area contributed by atoms with Gasteiger partial charge in [0.2, 0.25) is 5.91 Å². The highest BCUT2D eigenvalue weighted by molar-refractivity contribution is 6.31. The van der Waals surface area contributed by atoms with Crippen LogP contribution in [-0.4, -0.2) is 23.9 Å². The van der Waals surface area contributed by atoms with Crippen LogP contribution >= 0.6 is 11.6 Å². The molecule has 0 aliphatic carbocycles. The fourth-order valence-corrected chi connectivity index (χ4v) is 3.40. The summed E-state index contributed by atoms with van der Waals surface area (Å²) < 4.78 is 37.8. The Bertz CT molecular complexity index is 785. The van der Waals surface area contributed by atoms with Crippen LogP contribution in [0, 0.1) is 5.92 Å². The van der Waals surface area contributed by atoms with Crippen molar-refractivity contribution in [3.63, 3.8) is 0 Å². The predicted molar refractivity (Wildman–Crippen MR) is 99.5 cm³/mol. The maximum absolute atomic E-state index is 12.6. The lowest BCUT2D eigenvalue weighted by molar-refractivity contribution is -0.137. The number of rotatable bonds is 4. The quantitative estimate of drug-likeness (QED) is 0.769. The van der Waals surface area contributed by atoms with Crippen molar-refractivity contribution in [2.24, 2.45) is 5.92 Å². The van der Waals surface area contributed by atoms with Crippen molar-refractivity contribution in [1.29, 1.82) is 0 Å². The van der Waals surface area contributed by atoms with Gasteiger partial charge in [-0.15, -0.1) is 0 Å². The van der Waals surface area contributed by atoms with Crippen molar-refractivity contribution < 1.29 is 18.0 Å². The minimum atomic E-state index is -4.38. The first kappa shape index (κ1) is 19.7. The second-order valence-corrected chi connectivity index (χ2v) is 7.11. The van der Waals surface area contributed by atoms with Crippen molar-refractivity contribution in [3.8, 4) is 0 Å². The Morgan fingerprint density at radius 1 is 1.07 bits per heavy atom. The van der Waals surface area contributed by atoms with E-state index in [1.165, 1.54) is 12.1 Å². The molecule has 0 unspecified atom stereocenters. The van der Waals surface area contributed by atoms with Gasteiger partial charge in [0.05, 0.1) is 5.56 Å². The lowest BCUT2D eigenvalue weighted by Crippen LogP contribution is -2.37. The number of nitrogens with one attached hydrogen (secondary N) is 1. The molecule has 1 fully saturated rings. The van der Waals surface area contributed by atoms with Crippen LogP contribution in [0.5, 0.6) is 0 Å². The molecule has 0 aromatic heterocycles. The second-order valence-electron chi connectivity index (χ2n) is 6.71. The van der Waals surface area contributed by atoms with Crippen LogP contribution < -0.4 is 5.32 Å². The number of piperidine rings is 1. The molecule has 1 N–H and O–H groups in total. The molecule has 0 radical (unpaired) electrons. The fourth-order valence-electron chi connectivity index (χ4n) is 3.21. The van der Waals surface area contributed by atoms with E-state index in [0.717, 1.165) is 42.4 Å². The third-order valence-electron chi connectivity index (χ3n) is 4.79. The first-order chi connectivity index (χ1) is 12.8. The molecule has 1 aliphatic heterocycles. The zero-order chi connectivity index (χ0) is 19.4. The molecule has 3 nitrogen and oxygen atoms in total. The number of carbonyl (C=O) groups excluding carboxylic acids is 1. The van der Waals surface area contributed by atoms with Crippen LogP contribution in [0.25, 0.3) is 0 Å². The van der Waals surface area contributed by atoms with Gasteiger partial charge < -0.3 is 5.32 Å². The molecular weight excluding hydrogens is 377 g/mol. The topological polar surface area (TPSA) is 32.3 Å². The summed E-state index contributed by atoms with van der Waals surface area (Å²) in [6, 6.07) is 12.2. The minimum Gasteiger partial charge on any atom is -0.326 e. The van der Waals surface area contributed by atoms with E-state index in [9.17, 15) is 18.0 Å². The molecule has 3 rings (SSSR count). The first-order valence-electron chi connectivity index (χ1n) is 8.77. The summed E-state index contributed by atoms with van der Waals surface area (Å²) in [6.45, 7) is 2.29. The molecule has 0 spiro atoms. The highest BCUT2D eigenvalue weighted by atomic mass is 35.5. The molecule has 7 heteroatoms. The number of anilines is 1. The van der Waals surface area contributed by atoms with E-state index in [0.29, 0.717) is 18.5 Å². The average Bonchev–Trinajstić information content (AvgIpc) is 2.64. The van der Waals surface area contributed by atoms with Gasteiger partial charge in [0, 0.05) is 23.2 Å². The summed E-state index contributed by atoms with van der Waals surface area (Å²) in [5, 5.41) is 3.45. The summed E-state index contributed by atoms with van der Waals surface area (Å²) in [6.07, 6.45) is -2.97. The number of nitrogens with zero attached hydrogens (tertiary/aromatic N) is 1. The molecule has 1 saturated heterocycles. The van der Waals surface area contributed by atoms with Gasteiger partial charge >= 0.3 is 6.18 Å². The van der Waals surface area contributed by atoms with Gasteiger partial charge in [0.25, 0.3) is 0 Å². The third-order valence-corrected chi connectivity index (χ3v) is 5.16. The molecular formula is C20H20ClF3N2O. The van der Waals surface area contributed by atoms with Gasteiger partial charge in [0.1, 0.15) is 0 Å². The number of carbonyl (C=O) groups is 1. The maximum atomic E-state index is 12.6. The average molecular weight is 397 g/mol. The van der Waals surface area contributed by atoms with Crippen molar-refractivity contribution in [1.82, 2.24) is 4.90 Å². The molecule has 144 valence electrons. The molecule has 1 amide bonds. The van der Waals surface area contributed by atoms with Gasteiger partial charge in [-0.3, -0.25) is 9.69 Å². The lowest BCUT2D eigenvalue weighted by atomic mass is 9.95. The summed E-state index contributed by atoms with van der Waals surface area (Å²) >= 11 is 6.19. The number of hydrogen-bond donors (Lipinski definition) is 1. The van der Waals surface area contributed by atoms with Crippen molar-refractivity contribution in [2.45, 2.75) is 25.6 Å². The molecule has 2 aromatic carbocycles. The van der Waals surface area contributed by atoms with Crippen LogP contribution in [0.1, 0.15) is 24.0 Å². The number of likely N-dealkylation sites (tertiary alicyclic amines) is 1. The van der Waals surface area contributed by atoms with E-state index in [1.54, 1.807) is 0 Å². The summed E-state index contributed by atoms with van der Waals surface area (Å²) in [4.78, 5) is 14.6. The van der Waals surface area contributed by atoms with Crippen molar-refractivity contribution >= 4 is 23.2 Å². The van der Waals surface area contributed by atoms with Crippen LogP contribution in [0.3, 0.4) is 0 Å². The van der Waals surface area contributed by atoms with Crippen LogP contribution in [0.15, 0.2) is 48.5 Å². The zero-order valence-electron chi connectivity index (χ0n) is 14.6. The van der Waals surface area contributed by atoms with Crippen LogP contribution in [-0.2, 0) is 17.5 Å². The summed E-state index contributed by atoms with van der Waals surface area (Å²) in [5.74, 6) is -0.290. The van der Waals surface area contributed by atoms with E-state index >= 15 is 0 Å². The van der Waals surface area contributed by atoms with Crippen molar-refractivity contribution in [2.75, 3.05) is 18.4 Å². The standard InChI is InChI=1S/C20H20ClF3N2O/c21-18-4-2-1-3-15(18)13-26-11-9-14(10-12-26)19(27)25-17-7-5-16(6-8-17)20(22,23)24/h1-8,14H,9-13H2,(H,25,27). The molecule has 0 atom stereocenters. The number of benzene rings is 2. The zero-order valence-corrected chi connectivity index (χ0v) is 15.4. The Balaban J connectivity index is 1.50. The number of hydrogen-bond acceptors (Lipinski definition) is 2. The predicted octanol–water partition coefficient (Wildman–Crippen LogP) is 5.21. The maximum Gasteiger partial charge on any atom is 0.416 e. The first-order valence-corrected chi connectivity index (χ1v) is 9.14. The molecule has 27 heavy (non-hydrogen) atoms. The van der Waals surface area contributed by atoms with Gasteiger partial charge in [-0.2, -0.15) is 13.2 Å². The Hall–Kier alpha value is -2.05. The lowest BCUT2D eigenvalue weighted by Gasteiger charge is -2.31. The SMILES string of the molecule is O=C(Nc1ccc(C(F)(F)F)cc1)C1CCN(Cc2ccccc2Cl)CC1. The molecule has 0 bridgehead atoms. The Morgan fingerprint density at radius 3 is 2.30 bits per heavy atom. The van der Waals surface area contributed by atoms with E-state index in [1.807, 2.05) is 24.3 Å². The Labute approximate surface area is 161 Å². The largest absolute Gasteiger partial charge is 0.416 e. The van der Waals surface area contributed by atoms with Gasteiger partial charge in [-0.25, -0.2) is 0 Å². The van der Waals surface area contributed by atoms with E-state index in [4.69, 9.17) is 11.6 Å². The Kier molecular flexibility index (Phi) is 6.07. The summed E-state index contributed by atoms with van der Waals surface area (Å²) in [7, 11) is 0. The van der Waals surface area contributed by atoms with E-state index in [2.05, 4.69) is 10.2 Å². The van der Waals surface area contributed by atoms with Crippen molar-refractivity contribution in [3.05, 3.63) is 64.7 Å². The highest BCUT2D eigenvalue weighted by Gasteiger charge is 2.30. The molecule has 1 heterocycles. The van der Waals surface area contributed by atoms with Gasteiger partial charge in [-0.05, 0) is 61.8 Å². The second kappa shape index (κ2) is 8.31. The normalized spacial score (nSPS) is 16.3. The third kappa shape index (κ3) is 5.23. The van der Waals surface area contributed by atoms with E-state index in [-0.39, 0.29) is 11.8 Å². The monoisotopic (exact) mass is 396 g/mol. The highest BCUT2D eigenvalue weighted by Crippen LogP contribution is 2.30. The van der Waals surface area contributed by atoms with Gasteiger partial charge in [0.15, 0.2) is 0 Å². The summed E-state index contributed by atoms with van der Waals surface area (Å²) in [5.41, 5.74) is 0.715. The van der Waals surface area contributed by atoms with Crippen LogP contribution in [0.4, 0.5) is 18.9 Å². The van der Waals surface area contributed by atoms with E-state index < -0.39 is 11.7 Å². The molecule has 2 aromatic rings. The number of amides is 1. The number of halogens is 4.